The maximum Gasteiger partial charge on any atom is 0.263 e. The monoisotopic (exact) mass is 466 g/mol. The predicted molar refractivity (Wildman–Crippen MR) is 131 cm³/mol. The molecule has 7 nitrogen and oxygen atoms in total. The molecule has 1 amide bonds. The minimum atomic E-state index is -3.81. The van der Waals surface area contributed by atoms with Crippen molar-refractivity contribution in [3.63, 3.8) is 0 Å². The summed E-state index contributed by atoms with van der Waals surface area (Å²) in [6.45, 7) is 9.97. The van der Waals surface area contributed by atoms with Crippen LogP contribution in [0.2, 0.25) is 0 Å². The van der Waals surface area contributed by atoms with Crippen LogP contribution in [0, 0.1) is 13.8 Å². The van der Waals surface area contributed by atoms with Crippen LogP contribution in [0.25, 0.3) is 0 Å². The van der Waals surface area contributed by atoms with Gasteiger partial charge < -0.3 is 5.32 Å². The fourth-order valence-electron chi connectivity index (χ4n) is 3.34. The van der Waals surface area contributed by atoms with E-state index in [0.29, 0.717) is 30.0 Å². The zero-order valence-electron chi connectivity index (χ0n) is 19.6. The van der Waals surface area contributed by atoms with Crippen molar-refractivity contribution < 1.29 is 13.2 Å². The van der Waals surface area contributed by atoms with Gasteiger partial charge in [0.2, 0.25) is 5.91 Å². The van der Waals surface area contributed by atoms with Crippen molar-refractivity contribution in [2.24, 2.45) is 0 Å². The molecule has 0 bridgehead atoms. The van der Waals surface area contributed by atoms with Crippen molar-refractivity contribution in [2.45, 2.75) is 57.8 Å². The highest BCUT2D eigenvalue weighted by Crippen LogP contribution is 2.23. The van der Waals surface area contributed by atoms with Gasteiger partial charge in [0.05, 0.1) is 4.90 Å². The van der Waals surface area contributed by atoms with E-state index in [2.05, 4.69) is 65.0 Å². The lowest BCUT2D eigenvalue weighted by Gasteiger charge is -2.19. The van der Waals surface area contributed by atoms with Crippen LogP contribution in [0.3, 0.4) is 0 Å². The fourth-order valence-corrected chi connectivity index (χ4v) is 4.33. The Labute approximate surface area is 195 Å². The number of nitrogens with one attached hydrogen (secondary N) is 2. The van der Waals surface area contributed by atoms with Gasteiger partial charge in [-0.15, -0.1) is 0 Å². The molecule has 33 heavy (non-hydrogen) atoms. The number of rotatable bonds is 7. The Bertz CT molecular complexity index is 1210. The molecular weight excluding hydrogens is 436 g/mol. The zero-order chi connectivity index (χ0) is 24.2. The maximum absolute atomic E-state index is 12.6. The quantitative estimate of drug-likeness (QED) is 0.523. The van der Waals surface area contributed by atoms with Crippen molar-refractivity contribution in [2.75, 3.05) is 10.0 Å². The molecule has 0 spiro atoms. The van der Waals surface area contributed by atoms with E-state index in [4.69, 9.17) is 0 Å². The van der Waals surface area contributed by atoms with Crippen molar-refractivity contribution >= 4 is 27.4 Å². The van der Waals surface area contributed by atoms with Gasteiger partial charge in [0.15, 0.2) is 0 Å². The van der Waals surface area contributed by atoms with Gasteiger partial charge in [-0.25, -0.2) is 18.4 Å². The van der Waals surface area contributed by atoms with Crippen LogP contribution in [0.15, 0.2) is 59.5 Å². The van der Waals surface area contributed by atoms with Gasteiger partial charge in [-0.1, -0.05) is 45.0 Å². The summed E-state index contributed by atoms with van der Waals surface area (Å²) in [5, 5.41) is 2.82. The Morgan fingerprint density at radius 2 is 1.58 bits per heavy atom. The SMILES string of the molecule is Cc1cc(NS(=O)(=O)c2ccc(NC(=O)CCc3ccc(C(C)(C)C)cc3)cc2)nc(C)n1. The largest absolute Gasteiger partial charge is 0.326 e. The van der Waals surface area contributed by atoms with Crippen LogP contribution >= 0.6 is 0 Å². The first-order chi connectivity index (χ1) is 15.4. The highest BCUT2D eigenvalue weighted by Gasteiger charge is 2.16. The number of carbonyl (C=O) groups is 1. The second-order valence-corrected chi connectivity index (χ2v) is 10.7. The third kappa shape index (κ3) is 6.86. The number of aromatic nitrogens is 2. The average Bonchev–Trinajstić information content (AvgIpc) is 2.71. The third-order valence-corrected chi connectivity index (χ3v) is 6.48. The first-order valence-corrected chi connectivity index (χ1v) is 12.3. The van der Waals surface area contributed by atoms with E-state index in [1.807, 2.05) is 0 Å². The molecule has 2 aromatic carbocycles. The second-order valence-electron chi connectivity index (χ2n) is 9.07. The molecule has 3 rings (SSSR count). The molecule has 0 radical (unpaired) electrons. The lowest BCUT2D eigenvalue weighted by Crippen LogP contribution is -2.15. The fraction of sp³-hybridized carbons (Fsp3) is 0.320. The molecule has 2 N–H and O–H groups in total. The minimum Gasteiger partial charge on any atom is -0.326 e. The van der Waals surface area contributed by atoms with E-state index >= 15 is 0 Å². The molecule has 0 atom stereocenters. The molecule has 0 aliphatic carbocycles. The first-order valence-electron chi connectivity index (χ1n) is 10.8. The molecule has 0 aliphatic heterocycles. The van der Waals surface area contributed by atoms with Crippen LogP contribution in [-0.4, -0.2) is 24.3 Å². The van der Waals surface area contributed by atoms with Gasteiger partial charge in [-0.3, -0.25) is 9.52 Å². The molecule has 0 saturated heterocycles. The number of anilines is 2. The van der Waals surface area contributed by atoms with Crippen LogP contribution in [-0.2, 0) is 26.7 Å². The molecule has 1 aromatic heterocycles. The van der Waals surface area contributed by atoms with Gasteiger partial charge in [-0.05, 0) is 61.1 Å². The Morgan fingerprint density at radius 3 is 2.15 bits per heavy atom. The van der Waals surface area contributed by atoms with Gasteiger partial charge in [0.1, 0.15) is 11.6 Å². The Balaban J connectivity index is 1.57. The Hall–Kier alpha value is -3.26. The number of aryl methyl sites for hydroxylation is 3. The standard InChI is InChI=1S/C25H30N4O3S/c1-17-16-23(27-18(2)26-17)29-33(31,32)22-13-11-21(12-14-22)28-24(30)15-8-19-6-9-20(10-7-19)25(3,4)5/h6-7,9-14,16H,8,15H2,1-5H3,(H,28,30)(H,26,27,29). The smallest absolute Gasteiger partial charge is 0.263 e. The molecule has 0 fully saturated rings. The van der Waals surface area contributed by atoms with Crippen molar-refractivity contribution in [1.82, 2.24) is 9.97 Å². The molecule has 0 aliphatic rings. The van der Waals surface area contributed by atoms with Gasteiger partial charge >= 0.3 is 0 Å². The summed E-state index contributed by atoms with van der Waals surface area (Å²) >= 11 is 0. The van der Waals surface area contributed by atoms with Crippen LogP contribution < -0.4 is 10.0 Å². The van der Waals surface area contributed by atoms with Crippen LogP contribution in [0.1, 0.15) is 49.8 Å². The highest BCUT2D eigenvalue weighted by atomic mass is 32.2. The van der Waals surface area contributed by atoms with E-state index in [1.54, 1.807) is 32.0 Å². The summed E-state index contributed by atoms with van der Waals surface area (Å²) in [4.78, 5) is 20.7. The first kappa shape index (κ1) is 24.4. The third-order valence-electron chi connectivity index (χ3n) is 5.11. The summed E-state index contributed by atoms with van der Waals surface area (Å²) in [5.41, 5.74) is 3.66. The number of carbonyl (C=O) groups excluding carboxylic acids is 1. The molecule has 0 saturated carbocycles. The molecule has 8 heteroatoms. The van der Waals surface area contributed by atoms with E-state index in [-0.39, 0.29) is 22.0 Å². The highest BCUT2D eigenvalue weighted by molar-refractivity contribution is 7.92. The van der Waals surface area contributed by atoms with Crippen molar-refractivity contribution in [3.8, 4) is 0 Å². The van der Waals surface area contributed by atoms with Crippen LogP contribution in [0.4, 0.5) is 11.5 Å². The number of nitrogens with zero attached hydrogens (tertiary/aromatic N) is 2. The Kier molecular flexibility index (Phi) is 7.17. The summed E-state index contributed by atoms with van der Waals surface area (Å²) in [5.74, 6) is 0.569. The van der Waals surface area contributed by atoms with E-state index < -0.39 is 10.0 Å². The number of hydrogen-bond donors (Lipinski definition) is 2. The van der Waals surface area contributed by atoms with Crippen LogP contribution in [0.5, 0.6) is 0 Å². The molecule has 3 aromatic rings. The van der Waals surface area contributed by atoms with Crippen molar-refractivity contribution in [1.29, 1.82) is 0 Å². The summed E-state index contributed by atoms with van der Waals surface area (Å²) in [7, 11) is -3.81. The summed E-state index contributed by atoms with van der Waals surface area (Å²) in [6.07, 6.45) is 0.966. The molecule has 0 unspecified atom stereocenters. The second kappa shape index (κ2) is 9.70. The minimum absolute atomic E-state index is 0.0772. The van der Waals surface area contributed by atoms with E-state index in [1.165, 1.54) is 17.7 Å². The average molecular weight is 467 g/mol. The maximum atomic E-state index is 12.6. The number of amides is 1. The Morgan fingerprint density at radius 1 is 0.939 bits per heavy atom. The molecule has 174 valence electrons. The number of sulfonamides is 1. The van der Waals surface area contributed by atoms with Gasteiger partial charge in [0, 0.05) is 23.9 Å². The topological polar surface area (TPSA) is 101 Å². The molecular formula is C25H30N4O3S. The number of benzene rings is 2. The van der Waals surface area contributed by atoms with Crippen molar-refractivity contribution in [3.05, 3.63) is 77.2 Å². The molecule has 1 heterocycles. The van der Waals surface area contributed by atoms with E-state index in [9.17, 15) is 13.2 Å². The summed E-state index contributed by atoms with van der Waals surface area (Å²) < 4.78 is 27.7. The van der Waals surface area contributed by atoms with Gasteiger partial charge in [-0.2, -0.15) is 0 Å². The van der Waals surface area contributed by atoms with E-state index in [0.717, 1.165) is 5.56 Å². The normalized spacial score (nSPS) is 11.8. The lowest BCUT2D eigenvalue weighted by atomic mass is 9.86. The lowest BCUT2D eigenvalue weighted by molar-refractivity contribution is -0.116. The van der Waals surface area contributed by atoms with Gasteiger partial charge in [0.25, 0.3) is 10.0 Å². The zero-order valence-corrected chi connectivity index (χ0v) is 20.5. The number of hydrogen-bond acceptors (Lipinski definition) is 5. The predicted octanol–water partition coefficient (Wildman–Crippen LogP) is 4.76. The summed E-state index contributed by atoms with van der Waals surface area (Å²) in [6, 6.07) is 15.9.